The van der Waals surface area contributed by atoms with Crippen molar-refractivity contribution in [2.75, 3.05) is 44.2 Å². The number of benzene rings is 3. The van der Waals surface area contributed by atoms with E-state index >= 15 is 0 Å². The zero-order valence-electron chi connectivity index (χ0n) is 24.6. The van der Waals surface area contributed by atoms with Gasteiger partial charge in [0.2, 0.25) is 22.8 Å². The monoisotopic (exact) mass is 617 g/mol. The maximum atomic E-state index is 13.4. The lowest BCUT2D eigenvalue weighted by molar-refractivity contribution is 0.174. The number of nitrogens with one attached hydrogen (secondary N) is 1. The maximum absolute atomic E-state index is 13.4. The Kier molecular flexibility index (Phi) is 8.06. The third-order valence-corrected chi connectivity index (χ3v) is 9.27. The number of aryl methyl sites for hydroxylation is 1. The average molecular weight is 618 g/mol. The molecule has 0 radical (unpaired) electrons. The van der Waals surface area contributed by atoms with Crippen molar-refractivity contribution in [2.24, 2.45) is 0 Å². The molecule has 228 valence electrons. The van der Waals surface area contributed by atoms with Crippen molar-refractivity contribution in [1.29, 1.82) is 0 Å². The molecule has 0 amide bonds. The Bertz CT molecular complexity index is 1910. The first kappa shape index (κ1) is 29.3. The van der Waals surface area contributed by atoms with Crippen molar-refractivity contribution in [2.45, 2.75) is 24.9 Å². The van der Waals surface area contributed by atoms with Crippen LogP contribution in [0, 0.1) is 12.7 Å². The first-order chi connectivity index (χ1) is 21.2. The van der Waals surface area contributed by atoms with Gasteiger partial charge in [0.15, 0.2) is 28.5 Å². The van der Waals surface area contributed by atoms with Gasteiger partial charge < -0.3 is 24.3 Å². The molecule has 0 aliphatic carbocycles. The number of hydrogen-bond donors (Lipinski definition) is 1. The number of nitrogens with zero attached hydrogens (tertiary/aromatic N) is 6. The molecule has 3 heterocycles. The highest BCUT2D eigenvalue weighted by molar-refractivity contribution is 7.89. The number of likely N-dealkylation sites (N-methyl/N-ethyl adjacent to an activating group) is 2. The van der Waals surface area contributed by atoms with Gasteiger partial charge in [0, 0.05) is 33.7 Å². The zero-order valence-corrected chi connectivity index (χ0v) is 25.4. The third-order valence-electron chi connectivity index (χ3n) is 7.40. The number of halogens is 1. The van der Waals surface area contributed by atoms with E-state index in [1.165, 1.54) is 23.5 Å². The lowest BCUT2D eigenvalue weighted by atomic mass is 10.1. The summed E-state index contributed by atoms with van der Waals surface area (Å²) in [5.41, 5.74) is 4.51. The molecule has 1 aliphatic heterocycles. The molecule has 5 aromatic rings. The minimum absolute atomic E-state index is 0.0248. The Labute approximate surface area is 254 Å². The predicted octanol–water partition coefficient (Wildman–Crippen LogP) is 4.42. The normalized spacial score (nSPS) is 12.7. The van der Waals surface area contributed by atoms with E-state index in [2.05, 4.69) is 35.4 Å². The van der Waals surface area contributed by atoms with E-state index in [1.54, 1.807) is 11.2 Å². The molecule has 1 N–H and O–H groups in total. The minimum Gasteiger partial charge on any atom is -0.454 e. The fraction of sp³-hybridized carbons (Fsp3) is 0.258. The number of ether oxygens (including phenoxy) is 2. The van der Waals surface area contributed by atoms with Gasteiger partial charge >= 0.3 is 0 Å². The summed E-state index contributed by atoms with van der Waals surface area (Å²) in [6.45, 7) is 3.73. The molecule has 0 bridgehead atoms. The molecular weight excluding hydrogens is 585 g/mol. The van der Waals surface area contributed by atoms with Crippen LogP contribution in [0.5, 0.6) is 11.5 Å². The van der Waals surface area contributed by atoms with Crippen LogP contribution in [-0.4, -0.2) is 66.2 Å². The molecule has 0 unspecified atom stereocenters. The summed E-state index contributed by atoms with van der Waals surface area (Å²) < 4.78 is 53.6. The van der Waals surface area contributed by atoms with Crippen molar-refractivity contribution in [3.05, 3.63) is 95.6 Å². The van der Waals surface area contributed by atoms with Crippen LogP contribution in [0.2, 0.25) is 0 Å². The average Bonchev–Trinajstić information content (AvgIpc) is 3.65. The molecule has 0 spiro atoms. The zero-order chi connectivity index (χ0) is 30.8. The second kappa shape index (κ2) is 12.1. The van der Waals surface area contributed by atoms with Gasteiger partial charge in [-0.3, -0.25) is 0 Å². The van der Waals surface area contributed by atoms with Crippen molar-refractivity contribution in [1.82, 2.24) is 23.8 Å². The van der Waals surface area contributed by atoms with E-state index in [9.17, 15) is 12.8 Å². The Morgan fingerprint density at radius 2 is 1.75 bits per heavy atom. The van der Waals surface area contributed by atoms with E-state index in [0.717, 1.165) is 28.8 Å². The summed E-state index contributed by atoms with van der Waals surface area (Å²) in [4.78, 5) is 16.1. The topological polar surface area (TPSA) is 115 Å². The van der Waals surface area contributed by atoms with Gasteiger partial charge in [-0.15, -0.1) is 0 Å². The van der Waals surface area contributed by atoms with Crippen LogP contribution in [-0.2, 0) is 23.1 Å². The third kappa shape index (κ3) is 6.15. The lowest BCUT2D eigenvalue weighted by Crippen LogP contribution is -2.35. The molecule has 13 heteroatoms. The largest absolute Gasteiger partial charge is 0.454 e. The van der Waals surface area contributed by atoms with Gasteiger partial charge in [-0.25, -0.2) is 17.8 Å². The molecular formula is C31H32FN7O4S. The highest BCUT2D eigenvalue weighted by Crippen LogP contribution is 2.33. The Hall–Kier alpha value is -4.75. The summed E-state index contributed by atoms with van der Waals surface area (Å²) in [6, 6.07) is 18.8. The highest BCUT2D eigenvalue weighted by Gasteiger charge is 2.22. The Morgan fingerprint density at radius 1 is 0.955 bits per heavy atom. The molecule has 3 aromatic carbocycles. The van der Waals surface area contributed by atoms with Gasteiger partial charge in [0.1, 0.15) is 5.82 Å². The van der Waals surface area contributed by atoms with E-state index < -0.39 is 15.8 Å². The molecule has 44 heavy (non-hydrogen) atoms. The van der Waals surface area contributed by atoms with Crippen molar-refractivity contribution >= 4 is 33.0 Å². The van der Waals surface area contributed by atoms with Crippen LogP contribution in [0.25, 0.3) is 11.2 Å². The summed E-state index contributed by atoms with van der Waals surface area (Å²) in [7, 11) is -0.503. The van der Waals surface area contributed by atoms with E-state index in [0.29, 0.717) is 54.1 Å². The Balaban J connectivity index is 1.26. The standard InChI is InChI=1S/C31H32FN7O4S/c1-21-5-4-6-23(15-21)18-39-19-34-28-29(33-17-22-7-12-26-27(16-22)43-20-42-26)35-31(36-30(28)39)37(2)13-14-38(3)44(40,41)25-10-8-24(32)9-11-25/h4-12,15-16,19H,13-14,17-18,20H2,1-3H3,(H,33,35,36). The van der Waals surface area contributed by atoms with Crippen LogP contribution in [0.15, 0.2) is 78.0 Å². The lowest BCUT2D eigenvalue weighted by Gasteiger charge is -2.23. The number of fused-ring (bicyclic) bond motifs is 2. The summed E-state index contributed by atoms with van der Waals surface area (Å²) in [5, 5.41) is 3.40. The number of rotatable bonds is 11. The molecule has 2 aromatic heterocycles. The number of hydrogen-bond acceptors (Lipinski definition) is 9. The highest BCUT2D eigenvalue weighted by atomic mass is 32.2. The van der Waals surface area contributed by atoms with Crippen molar-refractivity contribution in [3.8, 4) is 11.5 Å². The molecule has 6 rings (SSSR count). The van der Waals surface area contributed by atoms with Crippen LogP contribution in [0.3, 0.4) is 0 Å². The fourth-order valence-electron chi connectivity index (χ4n) is 4.88. The van der Waals surface area contributed by atoms with Crippen LogP contribution >= 0.6 is 0 Å². The van der Waals surface area contributed by atoms with Gasteiger partial charge in [-0.2, -0.15) is 14.3 Å². The van der Waals surface area contributed by atoms with E-state index in [4.69, 9.17) is 19.4 Å². The van der Waals surface area contributed by atoms with Gasteiger partial charge in [-0.1, -0.05) is 35.9 Å². The molecule has 0 atom stereocenters. The Morgan fingerprint density at radius 3 is 2.55 bits per heavy atom. The second-order valence-corrected chi connectivity index (χ2v) is 12.7. The van der Waals surface area contributed by atoms with Gasteiger partial charge in [-0.05, 0) is 54.4 Å². The molecule has 0 saturated carbocycles. The first-order valence-corrected chi connectivity index (χ1v) is 15.5. The predicted molar refractivity (Wildman–Crippen MR) is 165 cm³/mol. The van der Waals surface area contributed by atoms with Gasteiger partial charge in [0.05, 0.1) is 17.8 Å². The molecule has 11 nitrogen and oxygen atoms in total. The smallest absolute Gasteiger partial charge is 0.242 e. The van der Waals surface area contributed by atoms with Crippen molar-refractivity contribution < 1.29 is 22.3 Å². The van der Waals surface area contributed by atoms with Crippen LogP contribution < -0.4 is 19.7 Å². The van der Waals surface area contributed by atoms with Gasteiger partial charge in [0.25, 0.3) is 0 Å². The number of imidazole rings is 1. The quantitative estimate of drug-likeness (QED) is 0.230. The fourth-order valence-corrected chi connectivity index (χ4v) is 6.05. The van der Waals surface area contributed by atoms with Crippen molar-refractivity contribution in [3.63, 3.8) is 0 Å². The maximum Gasteiger partial charge on any atom is 0.242 e. The van der Waals surface area contributed by atoms with E-state index in [-0.39, 0.29) is 18.2 Å². The molecule has 1 aliphatic rings. The summed E-state index contributed by atoms with van der Waals surface area (Å²) in [5.74, 6) is 1.86. The first-order valence-electron chi connectivity index (χ1n) is 14.0. The number of aromatic nitrogens is 4. The number of sulfonamides is 1. The second-order valence-electron chi connectivity index (χ2n) is 10.6. The number of anilines is 2. The summed E-state index contributed by atoms with van der Waals surface area (Å²) >= 11 is 0. The van der Waals surface area contributed by atoms with Crippen LogP contribution in [0.4, 0.5) is 16.2 Å². The SMILES string of the molecule is Cc1cccc(Cn2cnc3c(NCc4ccc5c(c4)OCO5)nc(N(C)CCN(C)S(=O)(=O)c4ccc(F)cc4)nc32)c1. The van der Waals surface area contributed by atoms with Crippen LogP contribution in [0.1, 0.15) is 16.7 Å². The van der Waals surface area contributed by atoms with E-state index in [1.807, 2.05) is 35.9 Å². The minimum atomic E-state index is -3.80. The summed E-state index contributed by atoms with van der Waals surface area (Å²) in [6.07, 6.45) is 1.75. The molecule has 0 fully saturated rings. The molecule has 0 saturated heterocycles.